The smallest absolute Gasteiger partial charge is 0.246 e. The Kier molecular flexibility index (Phi) is 3.80. The molecule has 1 aliphatic rings. The van der Waals surface area contributed by atoms with Crippen molar-refractivity contribution in [3.8, 4) is 0 Å². The van der Waals surface area contributed by atoms with Crippen LogP contribution in [0.4, 0.5) is 10.1 Å². The van der Waals surface area contributed by atoms with Crippen LogP contribution in [0.5, 0.6) is 0 Å². The molecule has 1 atom stereocenters. The Morgan fingerprint density at radius 1 is 1.37 bits per heavy atom. The van der Waals surface area contributed by atoms with Gasteiger partial charge in [-0.2, -0.15) is 4.31 Å². The second-order valence-corrected chi connectivity index (χ2v) is 6.78. The molecule has 1 fully saturated rings. The van der Waals surface area contributed by atoms with Gasteiger partial charge in [0.25, 0.3) is 0 Å². The van der Waals surface area contributed by atoms with Gasteiger partial charge in [0, 0.05) is 31.4 Å². The van der Waals surface area contributed by atoms with E-state index in [9.17, 15) is 12.8 Å². The van der Waals surface area contributed by atoms with Crippen molar-refractivity contribution in [3.05, 3.63) is 24.0 Å². The Morgan fingerprint density at radius 2 is 2.05 bits per heavy atom. The molecule has 7 heteroatoms. The molecule has 5 nitrogen and oxygen atoms in total. The third-order valence-electron chi connectivity index (χ3n) is 3.31. The van der Waals surface area contributed by atoms with Crippen molar-refractivity contribution in [2.24, 2.45) is 0 Å². The molecule has 0 spiro atoms. The molecule has 0 aliphatic carbocycles. The van der Waals surface area contributed by atoms with Crippen LogP contribution >= 0.6 is 0 Å². The van der Waals surface area contributed by atoms with Crippen LogP contribution in [0.1, 0.15) is 6.92 Å². The van der Waals surface area contributed by atoms with E-state index in [0.717, 1.165) is 6.07 Å². The third kappa shape index (κ3) is 2.72. The van der Waals surface area contributed by atoms with Gasteiger partial charge in [0.1, 0.15) is 10.7 Å². The summed E-state index contributed by atoms with van der Waals surface area (Å²) in [5, 5.41) is 0. The summed E-state index contributed by atoms with van der Waals surface area (Å²) in [5.41, 5.74) is 5.79. The van der Waals surface area contributed by atoms with Gasteiger partial charge in [-0.1, -0.05) is 0 Å². The molecule has 0 bridgehead atoms. The standard InChI is InChI=1S/C12H18FN3O2S/c1-9-8-15(2)5-6-16(9)19(17,18)12-7-10(14)3-4-11(12)13/h3-4,7,9H,5-6,8,14H2,1-2H3. The predicted molar refractivity (Wildman–Crippen MR) is 71.7 cm³/mol. The maximum Gasteiger partial charge on any atom is 0.246 e. The van der Waals surface area contributed by atoms with Gasteiger partial charge in [-0.3, -0.25) is 0 Å². The van der Waals surface area contributed by atoms with E-state index in [1.165, 1.54) is 16.4 Å². The molecule has 0 saturated carbocycles. The first kappa shape index (κ1) is 14.2. The van der Waals surface area contributed by atoms with Crippen LogP contribution in [0.3, 0.4) is 0 Å². The van der Waals surface area contributed by atoms with E-state index in [1.54, 1.807) is 0 Å². The summed E-state index contributed by atoms with van der Waals surface area (Å²) in [6, 6.07) is 3.42. The van der Waals surface area contributed by atoms with E-state index in [2.05, 4.69) is 0 Å². The molecule has 0 radical (unpaired) electrons. The van der Waals surface area contributed by atoms with Crippen molar-refractivity contribution < 1.29 is 12.8 Å². The fourth-order valence-electron chi connectivity index (χ4n) is 2.32. The zero-order chi connectivity index (χ0) is 14.2. The minimum absolute atomic E-state index is 0.190. The quantitative estimate of drug-likeness (QED) is 0.815. The van der Waals surface area contributed by atoms with Crippen molar-refractivity contribution in [1.82, 2.24) is 9.21 Å². The number of nitrogens with two attached hydrogens (primary N) is 1. The summed E-state index contributed by atoms with van der Waals surface area (Å²) >= 11 is 0. The summed E-state index contributed by atoms with van der Waals surface area (Å²) in [6.07, 6.45) is 0. The molecule has 2 rings (SSSR count). The molecular formula is C12H18FN3O2S. The highest BCUT2D eigenvalue weighted by Crippen LogP contribution is 2.24. The Morgan fingerprint density at radius 3 is 2.68 bits per heavy atom. The summed E-state index contributed by atoms with van der Waals surface area (Å²) in [5.74, 6) is -0.764. The molecule has 106 valence electrons. The summed E-state index contributed by atoms with van der Waals surface area (Å²) in [7, 11) is -1.90. The number of rotatable bonds is 2. The first-order valence-corrected chi connectivity index (χ1v) is 7.52. The first-order valence-electron chi connectivity index (χ1n) is 6.08. The zero-order valence-electron chi connectivity index (χ0n) is 11.0. The van der Waals surface area contributed by atoms with E-state index >= 15 is 0 Å². The lowest BCUT2D eigenvalue weighted by Crippen LogP contribution is -2.52. The Balaban J connectivity index is 2.39. The second kappa shape index (κ2) is 5.07. The highest BCUT2D eigenvalue weighted by atomic mass is 32.2. The Hall–Kier alpha value is -1.18. The number of sulfonamides is 1. The van der Waals surface area contributed by atoms with E-state index in [0.29, 0.717) is 19.6 Å². The average molecular weight is 287 g/mol. The zero-order valence-corrected chi connectivity index (χ0v) is 11.8. The summed E-state index contributed by atoms with van der Waals surface area (Å²) in [6.45, 7) is 3.43. The van der Waals surface area contributed by atoms with Crippen molar-refractivity contribution in [2.45, 2.75) is 17.9 Å². The molecule has 0 aromatic heterocycles. The van der Waals surface area contributed by atoms with Gasteiger partial charge in [0.05, 0.1) is 0 Å². The van der Waals surface area contributed by atoms with Crippen LogP contribution in [0.2, 0.25) is 0 Å². The highest BCUT2D eigenvalue weighted by Gasteiger charge is 2.34. The SMILES string of the molecule is CC1CN(C)CCN1S(=O)(=O)c1cc(N)ccc1F. The van der Waals surface area contributed by atoms with Crippen molar-refractivity contribution in [1.29, 1.82) is 0 Å². The molecule has 1 aromatic rings. The summed E-state index contributed by atoms with van der Waals surface area (Å²) in [4.78, 5) is 1.70. The lowest BCUT2D eigenvalue weighted by molar-refractivity contribution is 0.170. The average Bonchev–Trinajstić information content (AvgIpc) is 2.31. The number of nitrogen functional groups attached to an aromatic ring is 1. The fourth-order valence-corrected chi connectivity index (χ4v) is 4.04. The topological polar surface area (TPSA) is 66.6 Å². The van der Waals surface area contributed by atoms with E-state index < -0.39 is 15.8 Å². The van der Waals surface area contributed by atoms with Gasteiger partial charge in [0.2, 0.25) is 10.0 Å². The number of piperazine rings is 1. The molecule has 1 heterocycles. The Labute approximate surface area is 112 Å². The molecule has 1 unspecified atom stereocenters. The van der Waals surface area contributed by atoms with Gasteiger partial charge >= 0.3 is 0 Å². The minimum atomic E-state index is -3.84. The van der Waals surface area contributed by atoms with Gasteiger partial charge in [-0.15, -0.1) is 0 Å². The largest absolute Gasteiger partial charge is 0.399 e. The number of hydrogen-bond donors (Lipinski definition) is 1. The Bertz CT molecular complexity index is 576. The molecule has 19 heavy (non-hydrogen) atoms. The molecule has 2 N–H and O–H groups in total. The number of benzene rings is 1. The van der Waals surface area contributed by atoms with E-state index in [4.69, 9.17) is 5.73 Å². The molecular weight excluding hydrogens is 269 g/mol. The molecule has 1 saturated heterocycles. The normalized spacial score (nSPS) is 22.6. The van der Waals surface area contributed by atoms with Crippen molar-refractivity contribution in [2.75, 3.05) is 32.4 Å². The number of halogens is 1. The predicted octanol–water partition coefficient (Wildman–Crippen LogP) is 0.733. The number of hydrogen-bond acceptors (Lipinski definition) is 4. The van der Waals surface area contributed by atoms with E-state index in [-0.39, 0.29) is 16.6 Å². The van der Waals surface area contributed by atoms with Crippen LogP contribution in [-0.2, 0) is 10.0 Å². The van der Waals surface area contributed by atoms with E-state index in [1.807, 2.05) is 18.9 Å². The molecule has 1 aromatic carbocycles. The maximum atomic E-state index is 13.8. The fraction of sp³-hybridized carbons (Fsp3) is 0.500. The van der Waals surface area contributed by atoms with Crippen molar-refractivity contribution in [3.63, 3.8) is 0 Å². The molecule has 1 aliphatic heterocycles. The van der Waals surface area contributed by atoms with Crippen LogP contribution in [0.25, 0.3) is 0 Å². The first-order chi connectivity index (χ1) is 8.82. The van der Waals surface area contributed by atoms with Gasteiger partial charge < -0.3 is 10.6 Å². The number of anilines is 1. The lowest BCUT2D eigenvalue weighted by atomic mass is 10.2. The third-order valence-corrected chi connectivity index (χ3v) is 5.34. The van der Waals surface area contributed by atoms with Crippen molar-refractivity contribution >= 4 is 15.7 Å². The van der Waals surface area contributed by atoms with Gasteiger partial charge in [-0.25, -0.2) is 12.8 Å². The monoisotopic (exact) mass is 287 g/mol. The second-order valence-electron chi connectivity index (χ2n) is 4.92. The van der Waals surface area contributed by atoms with Crippen LogP contribution in [0.15, 0.2) is 23.1 Å². The molecule has 0 amide bonds. The number of nitrogens with zero attached hydrogens (tertiary/aromatic N) is 2. The lowest BCUT2D eigenvalue weighted by Gasteiger charge is -2.37. The summed E-state index contributed by atoms with van der Waals surface area (Å²) < 4.78 is 40.1. The van der Waals surface area contributed by atoms with Crippen LogP contribution in [-0.4, -0.2) is 50.3 Å². The van der Waals surface area contributed by atoms with Crippen LogP contribution < -0.4 is 5.73 Å². The van der Waals surface area contributed by atoms with Gasteiger partial charge in [-0.05, 0) is 32.2 Å². The van der Waals surface area contributed by atoms with Crippen LogP contribution in [0, 0.1) is 5.82 Å². The minimum Gasteiger partial charge on any atom is -0.399 e. The maximum absolute atomic E-state index is 13.8. The highest BCUT2D eigenvalue weighted by molar-refractivity contribution is 7.89. The van der Waals surface area contributed by atoms with Gasteiger partial charge in [0.15, 0.2) is 0 Å². The number of likely N-dealkylation sites (N-methyl/N-ethyl adjacent to an activating group) is 1.